The average Bonchev–Trinajstić information content (AvgIpc) is 3.39. The SMILES string of the molecule is CC(C)(C)OC(=O)NN1CCCC1CCNc1ccc2ncc(-c3ccc(CN)cc3)n2n1. The van der Waals surface area contributed by atoms with Crippen molar-refractivity contribution in [3.63, 3.8) is 0 Å². The molecule has 176 valence electrons. The summed E-state index contributed by atoms with van der Waals surface area (Å²) in [5.74, 6) is 0.782. The number of carbonyl (C=O) groups is 1. The Balaban J connectivity index is 1.37. The Hall–Kier alpha value is -3.17. The molecule has 1 atom stereocenters. The summed E-state index contributed by atoms with van der Waals surface area (Å²) in [6.45, 7) is 7.68. The highest BCUT2D eigenvalue weighted by atomic mass is 16.6. The van der Waals surface area contributed by atoms with Crippen LogP contribution in [0.2, 0.25) is 0 Å². The molecule has 4 N–H and O–H groups in total. The van der Waals surface area contributed by atoms with Crippen molar-refractivity contribution < 1.29 is 9.53 Å². The molecular weight excluding hydrogens is 418 g/mol. The molecule has 0 bridgehead atoms. The first-order chi connectivity index (χ1) is 15.8. The van der Waals surface area contributed by atoms with Crippen molar-refractivity contribution in [3.8, 4) is 11.3 Å². The fourth-order valence-corrected chi connectivity index (χ4v) is 4.04. The topological polar surface area (TPSA) is 110 Å². The summed E-state index contributed by atoms with van der Waals surface area (Å²) in [5.41, 5.74) is 11.9. The lowest BCUT2D eigenvalue weighted by Gasteiger charge is -2.27. The molecule has 9 heteroatoms. The second-order valence-corrected chi connectivity index (χ2v) is 9.35. The fraction of sp³-hybridized carbons (Fsp3) is 0.458. The highest BCUT2D eigenvalue weighted by Gasteiger charge is 2.27. The highest BCUT2D eigenvalue weighted by molar-refractivity contribution is 5.67. The third-order valence-electron chi connectivity index (χ3n) is 5.64. The van der Waals surface area contributed by atoms with Gasteiger partial charge in [0.2, 0.25) is 0 Å². The predicted octanol–water partition coefficient (Wildman–Crippen LogP) is 3.56. The number of hydrogen-bond acceptors (Lipinski definition) is 7. The summed E-state index contributed by atoms with van der Waals surface area (Å²) in [5, 5.41) is 10.1. The number of rotatable bonds is 7. The van der Waals surface area contributed by atoms with Gasteiger partial charge in [0.15, 0.2) is 5.65 Å². The Kier molecular flexibility index (Phi) is 6.80. The Bertz CT molecular complexity index is 1090. The molecule has 3 heterocycles. The average molecular weight is 452 g/mol. The maximum Gasteiger partial charge on any atom is 0.422 e. The molecule has 1 aliphatic rings. The molecule has 1 unspecified atom stereocenters. The monoisotopic (exact) mass is 451 g/mol. The van der Waals surface area contributed by atoms with Crippen molar-refractivity contribution >= 4 is 17.6 Å². The molecule has 1 aromatic carbocycles. The van der Waals surface area contributed by atoms with E-state index < -0.39 is 11.7 Å². The van der Waals surface area contributed by atoms with Crippen LogP contribution in [0.4, 0.5) is 10.6 Å². The number of amides is 1. The number of imidazole rings is 1. The van der Waals surface area contributed by atoms with Crippen LogP contribution in [0.25, 0.3) is 16.9 Å². The number of nitrogens with zero attached hydrogens (tertiary/aromatic N) is 4. The number of aromatic nitrogens is 3. The fourth-order valence-electron chi connectivity index (χ4n) is 4.04. The van der Waals surface area contributed by atoms with Crippen LogP contribution in [-0.2, 0) is 11.3 Å². The van der Waals surface area contributed by atoms with Crippen LogP contribution < -0.4 is 16.5 Å². The van der Waals surface area contributed by atoms with Gasteiger partial charge >= 0.3 is 6.09 Å². The van der Waals surface area contributed by atoms with Gasteiger partial charge in [0.1, 0.15) is 11.4 Å². The Morgan fingerprint density at radius 3 is 2.73 bits per heavy atom. The third kappa shape index (κ3) is 5.80. The molecule has 0 spiro atoms. The molecule has 2 aromatic heterocycles. The molecule has 0 aliphatic carbocycles. The van der Waals surface area contributed by atoms with Gasteiger partial charge < -0.3 is 15.8 Å². The maximum absolute atomic E-state index is 12.1. The molecule has 1 amide bonds. The summed E-state index contributed by atoms with van der Waals surface area (Å²) < 4.78 is 7.24. The molecule has 9 nitrogen and oxygen atoms in total. The van der Waals surface area contributed by atoms with Crippen molar-refractivity contribution in [2.24, 2.45) is 5.73 Å². The van der Waals surface area contributed by atoms with Gasteiger partial charge in [0.25, 0.3) is 0 Å². The zero-order valence-electron chi connectivity index (χ0n) is 19.5. The van der Waals surface area contributed by atoms with Gasteiger partial charge in [-0.15, -0.1) is 5.10 Å². The Morgan fingerprint density at radius 2 is 2.00 bits per heavy atom. The van der Waals surface area contributed by atoms with Crippen LogP contribution in [0, 0.1) is 0 Å². The zero-order valence-corrected chi connectivity index (χ0v) is 19.5. The Morgan fingerprint density at radius 1 is 1.21 bits per heavy atom. The lowest BCUT2D eigenvalue weighted by Crippen LogP contribution is -2.47. The van der Waals surface area contributed by atoms with E-state index in [1.807, 2.05) is 72.9 Å². The number of ether oxygens (including phenoxy) is 1. The number of fused-ring (bicyclic) bond motifs is 1. The minimum atomic E-state index is -0.510. The molecule has 0 radical (unpaired) electrons. The zero-order chi connectivity index (χ0) is 23.4. The number of nitrogens with two attached hydrogens (primary N) is 1. The Labute approximate surface area is 194 Å². The van der Waals surface area contributed by atoms with Crippen LogP contribution in [0.3, 0.4) is 0 Å². The molecule has 4 rings (SSSR count). The molecule has 1 saturated heterocycles. The number of carbonyl (C=O) groups excluding carboxylic acids is 1. The highest BCUT2D eigenvalue weighted by Crippen LogP contribution is 2.22. The van der Waals surface area contributed by atoms with Crippen molar-refractivity contribution in [3.05, 3.63) is 48.2 Å². The standard InChI is InChI=1S/C24H33N7O2/c1-24(2,3)33-23(32)29-30-14-4-5-19(30)12-13-26-21-10-11-22-27-16-20(31(22)28-21)18-8-6-17(15-25)7-9-18/h6-11,16,19H,4-5,12-15,25H2,1-3H3,(H,26,28)(H,29,32). The van der Waals surface area contributed by atoms with Crippen molar-refractivity contribution in [1.82, 2.24) is 25.0 Å². The van der Waals surface area contributed by atoms with Crippen LogP contribution in [0.15, 0.2) is 42.6 Å². The number of anilines is 1. The van der Waals surface area contributed by atoms with E-state index in [0.29, 0.717) is 6.54 Å². The van der Waals surface area contributed by atoms with Gasteiger partial charge in [-0.05, 0) is 57.7 Å². The quantitative estimate of drug-likeness (QED) is 0.504. The van der Waals surface area contributed by atoms with Crippen molar-refractivity contribution in [1.29, 1.82) is 0 Å². The normalized spacial score (nSPS) is 16.8. The van der Waals surface area contributed by atoms with Crippen molar-refractivity contribution in [2.45, 2.75) is 58.2 Å². The van der Waals surface area contributed by atoms with Crippen LogP contribution in [0.5, 0.6) is 0 Å². The van der Waals surface area contributed by atoms with Gasteiger partial charge in [-0.2, -0.15) is 0 Å². The predicted molar refractivity (Wildman–Crippen MR) is 129 cm³/mol. The van der Waals surface area contributed by atoms with Gasteiger partial charge in [-0.1, -0.05) is 24.3 Å². The summed E-state index contributed by atoms with van der Waals surface area (Å²) in [7, 11) is 0. The van der Waals surface area contributed by atoms with Gasteiger partial charge in [-0.3, -0.25) is 5.43 Å². The minimum Gasteiger partial charge on any atom is -0.443 e. The minimum absolute atomic E-state index is 0.263. The van der Waals surface area contributed by atoms with E-state index >= 15 is 0 Å². The molecule has 1 fully saturated rings. The summed E-state index contributed by atoms with van der Waals surface area (Å²) in [6.07, 6.45) is 4.40. The largest absolute Gasteiger partial charge is 0.443 e. The number of nitrogens with one attached hydrogen (secondary N) is 2. The van der Waals surface area contributed by atoms with Gasteiger partial charge in [-0.25, -0.2) is 19.3 Å². The first-order valence-corrected chi connectivity index (χ1v) is 11.5. The van der Waals surface area contributed by atoms with Crippen LogP contribution in [-0.4, -0.2) is 50.4 Å². The van der Waals surface area contributed by atoms with E-state index in [4.69, 9.17) is 15.6 Å². The summed E-state index contributed by atoms with van der Waals surface area (Å²) in [6, 6.07) is 12.3. The molecule has 1 aliphatic heterocycles. The summed E-state index contributed by atoms with van der Waals surface area (Å²) in [4.78, 5) is 16.6. The second kappa shape index (κ2) is 9.76. The molecule has 33 heavy (non-hydrogen) atoms. The molecule has 0 saturated carbocycles. The van der Waals surface area contributed by atoms with Gasteiger partial charge in [0, 0.05) is 31.2 Å². The smallest absolute Gasteiger partial charge is 0.422 e. The van der Waals surface area contributed by atoms with Crippen molar-refractivity contribution in [2.75, 3.05) is 18.4 Å². The first-order valence-electron chi connectivity index (χ1n) is 11.5. The van der Waals surface area contributed by atoms with E-state index in [1.54, 1.807) is 0 Å². The van der Waals surface area contributed by atoms with E-state index in [2.05, 4.69) is 15.7 Å². The molecular formula is C24H33N7O2. The van der Waals surface area contributed by atoms with Crippen LogP contribution in [0.1, 0.15) is 45.6 Å². The van der Waals surface area contributed by atoms with E-state index in [-0.39, 0.29) is 6.04 Å². The second-order valence-electron chi connectivity index (χ2n) is 9.35. The summed E-state index contributed by atoms with van der Waals surface area (Å²) >= 11 is 0. The first kappa shape index (κ1) is 23.0. The van der Waals surface area contributed by atoms with Gasteiger partial charge in [0.05, 0.1) is 11.9 Å². The van der Waals surface area contributed by atoms with Crippen LogP contribution >= 0.6 is 0 Å². The number of hydrazine groups is 1. The lowest BCUT2D eigenvalue weighted by molar-refractivity contribution is 0.0303. The van der Waals surface area contributed by atoms with E-state index in [9.17, 15) is 4.79 Å². The van der Waals surface area contributed by atoms with E-state index in [0.717, 1.165) is 60.6 Å². The number of benzene rings is 1. The number of hydrogen-bond donors (Lipinski definition) is 3. The molecule has 3 aromatic rings. The third-order valence-corrected chi connectivity index (χ3v) is 5.64. The lowest BCUT2D eigenvalue weighted by atomic mass is 10.1. The maximum atomic E-state index is 12.1. The van der Waals surface area contributed by atoms with E-state index in [1.165, 1.54) is 0 Å².